The number of carbonyl (C=O) groups excluding carboxylic acids is 1. The van der Waals surface area contributed by atoms with Crippen LogP contribution in [0, 0.1) is 5.92 Å². The summed E-state index contributed by atoms with van der Waals surface area (Å²) in [6.07, 6.45) is 5.56. The molecule has 0 spiro atoms. The molecule has 0 aliphatic heterocycles. The highest BCUT2D eigenvalue weighted by atomic mass is 79.9. The van der Waals surface area contributed by atoms with Crippen molar-refractivity contribution in [2.75, 3.05) is 5.33 Å². The van der Waals surface area contributed by atoms with Crippen LogP contribution in [0.5, 0.6) is 0 Å². The second-order valence-corrected chi connectivity index (χ2v) is 5.08. The van der Waals surface area contributed by atoms with Crippen molar-refractivity contribution in [1.82, 2.24) is 5.32 Å². The number of nitrogens with one attached hydrogen (secondary N) is 1. The van der Waals surface area contributed by atoms with E-state index >= 15 is 0 Å². The minimum Gasteiger partial charge on any atom is -0.350 e. The van der Waals surface area contributed by atoms with E-state index in [1.807, 2.05) is 0 Å². The molecule has 1 saturated carbocycles. The van der Waals surface area contributed by atoms with E-state index in [9.17, 15) is 4.79 Å². The highest BCUT2D eigenvalue weighted by molar-refractivity contribution is 9.09. The summed E-state index contributed by atoms with van der Waals surface area (Å²) in [5.74, 6) is 0.534. The molecule has 2 nitrogen and oxygen atoms in total. The highest BCUT2D eigenvalue weighted by Crippen LogP contribution is 2.26. The molecule has 1 aliphatic rings. The smallest absolute Gasteiger partial charge is 0.223 e. The molecule has 1 fully saturated rings. The fourth-order valence-corrected chi connectivity index (χ4v) is 2.34. The lowest BCUT2D eigenvalue weighted by Gasteiger charge is -2.28. The molecular formula is C11H20BrNO. The maximum Gasteiger partial charge on any atom is 0.223 e. The molecule has 1 amide bonds. The van der Waals surface area contributed by atoms with Gasteiger partial charge < -0.3 is 5.32 Å². The van der Waals surface area contributed by atoms with Gasteiger partial charge in [0.1, 0.15) is 0 Å². The van der Waals surface area contributed by atoms with Crippen molar-refractivity contribution < 1.29 is 4.79 Å². The van der Waals surface area contributed by atoms with Crippen LogP contribution in [0.1, 0.15) is 46.0 Å². The van der Waals surface area contributed by atoms with Crippen molar-refractivity contribution in [3.8, 4) is 0 Å². The van der Waals surface area contributed by atoms with Crippen molar-refractivity contribution in [1.29, 1.82) is 0 Å². The van der Waals surface area contributed by atoms with E-state index in [1.165, 1.54) is 12.8 Å². The van der Waals surface area contributed by atoms with E-state index in [-0.39, 0.29) is 17.4 Å². The minimum atomic E-state index is -0.0698. The molecule has 14 heavy (non-hydrogen) atoms. The Morgan fingerprint density at radius 1 is 1.50 bits per heavy atom. The quantitative estimate of drug-likeness (QED) is 0.775. The summed E-state index contributed by atoms with van der Waals surface area (Å²) in [5, 5.41) is 3.98. The average Bonchev–Trinajstić information content (AvgIpc) is 2.70. The predicted molar refractivity (Wildman–Crippen MR) is 62.6 cm³/mol. The van der Waals surface area contributed by atoms with Crippen molar-refractivity contribution in [2.45, 2.75) is 51.5 Å². The van der Waals surface area contributed by atoms with Gasteiger partial charge in [-0.05, 0) is 26.2 Å². The van der Waals surface area contributed by atoms with Crippen LogP contribution >= 0.6 is 15.9 Å². The first-order valence-electron chi connectivity index (χ1n) is 5.49. The van der Waals surface area contributed by atoms with Gasteiger partial charge in [-0.1, -0.05) is 35.7 Å². The van der Waals surface area contributed by atoms with Gasteiger partial charge in [-0.25, -0.2) is 0 Å². The molecule has 0 heterocycles. The Hall–Kier alpha value is -0.0500. The number of alkyl halides is 1. The van der Waals surface area contributed by atoms with Gasteiger partial charge in [0.05, 0.1) is 0 Å². The van der Waals surface area contributed by atoms with Crippen molar-refractivity contribution in [2.24, 2.45) is 5.92 Å². The number of carbonyl (C=O) groups is 1. The normalized spacial score (nSPS) is 21.9. The monoisotopic (exact) mass is 261 g/mol. The summed E-state index contributed by atoms with van der Waals surface area (Å²) >= 11 is 3.45. The van der Waals surface area contributed by atoms with E-state index < -0.39 is 0 Å². The van der Waals surface area contributed by atoms with Crippen LogP contribution in [-0.4, -0.2) is 16.8 Å². The molecule has 0 aromatic carbocycles. The van der Waals surface area contributed by atoms with E-state index in [2.05, 4.69) is 35.1 Å². The largest absolute Gasteiger partial charge is 0.350 e. The molecule has 1 atom stereocenters. The van der Waals surface area contributed by atoms with Gasteiger partial charge in [0.25, 0.3) is 0 Å². The summed E-state index contributed by atoms with van der Waals surface area (Å²) in [5.41, 5.74) is -0.0698. The minimum absolute atomic E-state index is 0.0698. The van der Waals surface area contributed by atoms with Crippen LogP contribution in [0.2, 0.25) is 0 Å². The third-order valence-corrected chi connectivity index (χ3v) is 4.46. The number of hydrogen-bond donors (Lipinski definition) is 1. The maximum atomic E-state index is 11.8. The SMILES string of the molecule is CCC(C)(CBr)NC(=O)C1CCCC1. The van der Waals surface area contributed by atoms with Gasteiger partial charge in [0, 0.05) is 16.8 Å². The number of amides is 1. The standard InChI is InChI=1S/C11H20BrNO/c1-3-11(2,8-12)13-10(14)9-6-4-5-7-9/h9H,3-8H2,1-2H3,(H,13,14). The van der Waals surface area contributed by atoms with Crippen LogP contribution in [0.4, 0.5) is 0 Å². The van der Waals surface area contributed by atoms with Crippen LogP contribution in [0.3, 0.4) is 0 Å². The Kier molecular flexibility index (Phi) is 4.42. The molecule has 82 valence electrons. The number of halogens is 1. The third kappa shape index (κ3) is 2.97. The lowest BCUT2D eigenvalue weighted by atomic mass is 9.99. The van der Waals surface area contributed by atoms with Crippen molar-refractivity contribution in [3.05, 3.63) is 0 Å². The fourth-order valence-electron chi connectivity index (χ4n) is 1.80. The molecule has 0 bridgehead atoms. The Bertz CT molecular complexity index is 195. The van der Waals surface area contributed by atoms with Gasteiger partial charge in [-0.15, -0.1) is 0 Å². The van der Waals surface area contributed by atoms with Crippen LogP contribution in [0.25, 0.3) is 0 Å². The molecule has 0 aromatic rings. The molecule has 1 N–H and O–H groups in total. The van der Waals surface area contributed by atoms with Crippen LogP contribution < -0.4 is 5.32 Å². The van der Waals surface area contributed by atoms with Gasteiger partial charge >= 0.3 is 0 Å². The third-order valence-electron chi connectivity index (χ3n) is 3.23. The Labute approximate surface area is 95.0 Å². The Morgan fingerprint density at radius 2 is 2.07 bits per heavy atom. The molecule has 0 aromatic heterocycles. The lowest BCUT2D eigenvalue weighted by Crippen LogP contribution is -2.48. The predicted octanol–water partition coefficient (Wildman–Crippen LogP) is 2.86. The molecule has 0 radical (unpaired) electrons. The summed E-state index contributed by atoms with van der Waals surface area (Å²) in [6.45, 7) is 4.20. The van der Waals surface area contributed by atoms with Gasteiger partial charge in [0.15, 0.2) is 0 Å². The van der Waals surface area contributed by atoms with E-state index in [0.29, 0.717) is 0 Å². The van der Waals surface area contributed by atoms with Crippen molar-refractivity contribution in [3.63, 3.8) is 0 Å². The second kappa shape index (κ2) is 5.15. The molecule has 1 aliphatic carbocycles. The molecule has 3 heteroatoms. The number of hydrogen-bond acceptors (Lipinski definition) is 1. The zero-order valence-corrected chi connectivity index (χ0v) is 10.7. The number of rotatable bonds is 4. The molecule has 1 rings (SSSR count). The van der Waals surface area contributed by atoms with E-state index in [0.717, 1.165) is 24.6 Å². The van der Waals surface area contributed by atoms with E-state index in [1.54, 1.807) is 0 Å². The summed E-state index contributed by atoms with van der Waals surface area (Å²) in [4.78, 5) is 11.8. The zero-order valence-electron chi connectivity index (χ0n) is 9.11. The lowest BCUT2D eigenvalue weighted by molar-refractivity contribution is -0.126. The Balaban J connectivity index is 2.45. The molecule has 0 saturated heterocycles. The maximum absolute atomic E-state index is 11.8. The summed E-state index contributed by atoms with van der Waals surface area (Å²) in [7, 11) is 0. The fraction of sp³-hybridized carbons (Fsp3) is 0.909. The van der Waals surface area contributed by atoms with Gasteiger partial charge in [0.2, 0.25) is 5.91 Å². The highest BCUT2D eigenvalue weighted by Gasteiger charge is 2.28. The first kappa shape index (κ1) is 12.0. The first-order chi connectivity index (χ1) is 6.61. The first-order valence-corrected chi connectivity index (χ1v) is 6.61. The average molecular weight is 262 g/mol. The van der Waals surface area contributed by atoms with Gasteiger partial charge in [-0.3, -0.25) is 4.79 Å². The van der Waals surface area contributed by atoms with E-state index in [4.69, 9.17) is 0 Å². The molecule has 1 unspecified atom stereocenters. The Morgan fingerprint density at radius 3 is 2.50 bits per heavy atom. The van der Waals surface area contributed by atoms with Gasteiger partial charge in [-0.2, -0.15) is 0 Å². The topological polar surface area (TPSA) is 29.1 Å². The van der Waals surface area contributed by atoms with Crippen molar-refractivity contribution >= 4 is 21.8 Å². The van der Waals surface area contributed by atoms with Crippen LogP contribution in [0.15, 0.2) is 0 Å². The summed E-state index contributed by atoms with van der Waals surface area (Å²) < 4.78 is 0. The molecular weight excluding hydrogens is 242 g/mol. The summed E-state index contributed by atoms with van der Waals surface area (Å²) in [6, 6.07) is 0. The second-order valence-electron chi connectivity index (χ2n) is 4.52. The zero-order chi connectivity index (χ0) is 10.6. The van der Waals surface area contributed by atoms with Crippen LogP contribution in [-0.2, 0) is 4.79 Å².